The third kappa shape index (κ3) is 5.84. The summed E-state index contributed by atoms with van der Waals surface area (Å²) in [6.07, 6.45) is 1.90. The summed E-state index contributed by atoms with van der Waals surface area (Å²) in [7, 11) is 3.24. The predicted molar refractivity (Wildman–Crippen MR) is 174 cm³/mol. The molecule has 0 aliphatic carbocycles. The molecular formula is C34H33BrN2O5S. The lowest BCUT2D eigenvalue weighted by Crippen LogP contribution is -2.40. The van der Waals surface area contributed by atoms with Crippen molar-refractivity contribution in [1.29, 1.82) is 0 Å². The Morgan fingerprint density at radius 2 is 1.79 bits per heavy atom. The highest BCUT2D eigenvalue weighted by molar-refractivity contribution is 9.10. The van der Waals surface area contributed by atoms with Crippen LogP contribution in [0.4, 0.5) is 0 Å². The molecule has 5 rings (SSSR count). The average molecular weight is 662 g/mol. The number of ether oxygens (including phenoxy) is 3. The van der Waals surface area contributed by atoms with Crippen molar-refractivity contribution < 1.29 is 19.0 Å². The first-order chi connectivity index (χ1) is 20.7. The van der Waals surface area contributed by atoms with E-state index in [1.54, 1.807) is 25.7 Å². The highest BCUT2D eigenvalue weighted by Crippen LogP contribution is 2.40. The minimum absolute atomic E-state index is 0.173. The van der Waals surface area contributed by atoms with Crippen LogP contribution in [0.15, 0.2) is 80.5 Å². The second-order valence-corrected chi connectivity index (χ2v) is 12.3. The molecule has 2 heterocycles. The molecule has 1 aromatic heterocycles. The van der Waals surface area contributed by atoms with Gasteiger partial charge in [-0.25, -0.2) is 9.79 Å². The van der Waals surface area contributed by atoms with E-state index in [1.807, 2.05) is 67.6 Å². The van der Waals surface area contributed by atoms with Crippen molar-refractivity contribution in [2.75, 3.05) is 20.8 Å². The van der Waals surface area contributed by atoms with E-state index in [0.29, 0.717) is 26.3 Å². The number of nitrogens with zero attached hydrogens (tertiary/aromatic N) is 2. The molecular weight excluding hydrogens is 628 g/mol. The smallest absolute Gasteiger partial charge is 0.338 e. The number of carbonyl (C=O) groups excluding carboxylic acids is 1. The molecule has 0 fully saturated rings. The highest BCUT2D eigenvalue weighted by atomic mass is 79.9. The Balaban J connectivity index is 1.86. The highest BCUT2D eigenvalue weighted by Gasteiger charge is 2.37. The minimum Gasteiger partial charge on any atom is -0.496 e. The Morgan fingerprint density at radius 1 is 1.07 bits per heavy atom. The van der Waals surface area contributed by atoms with Crippen LogP contribution in [0.2, 0.25) is 0 Å². The van der Waals surface area contributed by atoms with Gasteiger partial charge in [0.15, 0.2) is 4.80 Å². The van der Waals surface area contributed by atoms with E-state index in [2.05, 4.69) is 35.8 Å². The monoisotopic (exact) mass is 660 g/mol. The van der Waals surface area contributed by atoms with E-state index in [1.165, 1.54) is 11.3 Å². The van der Waals surface area contributed by atoms with Crippen molar-refractivity contribution in [2.45, 2.75) is 39.7 Å². The molecule has 1 aliphatic heterocycles. The first-order valence-corrected chi connectivity index (χ1v) is 15.6. The summed E-state index contributed by atoms with van der Waals surface area (Å²) < 4.78 is 19.8. The van der Waals surface area contributed by atoms with Crippen LogP contribution < -0.4 is 24.4 Å². The van der Waals surface area contributed by atoms with Crippen molar-refractivity contribution >= 4 is 45.0 Å². The molecule has 0 spiro atoms. The van der Waals surface area contributed by atoms with Crippen LogP contribution in [0.3, 0.4) is 0 Å². The quantitative estimate of drug-likeness (QED) is 0.212. The summed E-state index contributed by atoms with van der Waals surface area (Å²) in [4.78, 5) is 33.5. The summed E-state index contributed by atoms with van der Waals surface area (Å²) >= 11 is 4.86. The van der Waals surface area contributed by atoms with Gasteiger partial charge in [0.25, 0.3) is 5.56 Å². The molecule has 0 radical (unpaired) electrons. The first kappa shape index (κ1) is 30.5. The largest absolute Gasteiger partial charge is 0.496 e. The van der Waals surface area contributed by atoms with Crippen LogP contribution in [0.1, 0.15) is 60.5 Å². The zero-order chi connectivity index (χ0) is 30.8. The lowest BCUT2D eigenvalue weighted by Gasteiger charge is -2.27. The third-order valence-corrected chi connectivity index (χ3v) is 8.86. The zero-order valence-corrected chi connectivity index (χ0v) is 27.3. The standard InChI is InChI=1S/C34H33BrN2O5S/c1-7-42-33(39)29-30(21-11-9-8-10-12-21)36-34-37(31(29)25-18-23(35)13-14-26(25)40-5)32(38)28(43-34)17-22-16-24(19(2)3)27(41-6)15-20(22)4/h8-19,31H,7H2,1-6H3/b28-17-/t31-/m0/s1. The number of thiazole rings is 1. The van der Waals surface area contributed by atoms with E-state index >= 15 is 0 Å². The van der Waals surface area contributed by atoms with Crippen LogP contribution in [0.5, 0.6) is 11.5 Å². The number of rotatable bonds is 8. The van der Waals surface area contributed by atoms with Crippen molar-refractivity contribution in [3.05, 3.63) is 118 Å². The second-order valence-electron chi connectivity index (χ2n) is 10.4. The fourth-order valence-electron chi connectivity index (χ4n) is 5.29. The van der Waals surface area contributed by atoms with E-state index < -0.39 is 12.0 Å². The van der Waals surface area contributed by atoms with Gasteiger partial charge in [-0.1, -0.05) is 71.4 Å². The molecule has 7 nitrogen and oxygen atoms in total. The number of esters is 1. The van der Waals surface area contributed by atoms with Crippen LogP contribution in [0, 0.1) is 6.92 Å². The van der Waals surface area contributed by atoms with Crippen molar-refractivity contribution in [3.8, 4) is 11.5 Å². The molecule has 0 N–H and O–H groups in total. The minimum atomic E-state index is -0.844. The van der Waals surface area contributed by atoms with Crippen molar-refractivity contribution in [3.63, 3.8) is 0 Å². The Morgan fingerprint density at radius 3 is 2.44 bits per heavy atom. The van der Waals surface area contributed by atoms with Gasteiger partial charge in [-0.3, -0.25) is 9.36 Å². The molecule has 222 valence electrons. The summed E-state index contributed by atoms with van der Waals surface area (Å²) in [5.41, 5.74) is 4.81. The van der Waals surface area contributed by atoms with Gasteiger partial charge < -0.3 is 14.2 Å². The molecule has 43 heavy (non-hydrogen) atoms. The number of carbonyl (C=O) groups is 1. The predicted octanol–water partition coefficient (Wildman–Crippen LogP) is 6.15. The lowest BCUT2D eigenvalue weighted by molar-refractivity contribution is -0.138. The summed E-state index contributed by atoms with van der Waals surface area (Å²) in [5, 5.41) is 0. The van der Waals surface area contributed by atoms with Crippen LogP contribution >= 0.6 is 27.3 Å². The molecule has 3 aromatic carbocycles. The number of aromatic nitrogens is 1. The molecule has 0 bridgehead atoms. The molecule has 4 aromatic rings. The Bertz CT molecular complexity index is 1910. The molecule has 1 atom stereocenters. The van der Waals surface area contributed by atoms with Crippen molar-refractivity contribution in [1.82, 2.24) is 4.57 Å². The number of methoxy groups -OCH3 is 2. The number of hydrogen-bond donors (Lipinski definition) is 0. The molecule has 0 saturated carbocycles. The number of benzene rings is 3. The number of aryl methyl sites for hydroxylation is 1. The molecule has 0 saturated heterocycles. The fraction of sp³-hybridized carbons (Fsp3) is 0.265. The van der Waals surface area contributed by atoms with E-state index in [9.17, 15) is 9.59 Å². The van der Waals surface area contributed by atoms with Crippen molar-refractivity contribution in [2.24, 2.45) is 4.99 Å². The average Bonchev–Trinajstić information content (AvgIpc) is 3.31. The number of halogens is 1. The molecule has 0 amide bonds. The van der Waals surface area contributed by atoms with Crippen LogP contribution in [0.25, 0.3) is 11.8 Å². The Labute approximate surface area is 262 Å². The molecule has 0 unspecified atom stereocenters. The Hall–Kier alpha value is -3.95. The van der Waals surface area contributed by atoms with E-state index in [0.717, 1.165) is 32.5 Å². The van der Waals surface area contributed by atoms with Crippen LogP contribution in [-0.4, -0.2) is 31.4 Å². The lowest BCUT2D eigenvalue weighted by atomic mass is 9.92. The maximum absolute atomic E-state index is 14.3. The zero-order valence-electron chi connectivity index (χ0n) is 24.9. The topological polar surface area (TPSA) is 79.1 Å². The summed E-state index contributed by atoms with van der Waals surface area (Å²) in [6, 6.07) is 18.3. The summed E-state index contributed by atoms with van der Waals surface area (Å²) in [5.74, 6) is 1.04. The Kier molecular flexibility index (Phi) is 9.03. The van der Waals surface area contributed by atoms with Gasteiger partial charge >= 0.3 is 5.97 Å². The maximum Gasteiger partial charge on any atom is 0.338 e. The number of hydrogen-bond acceptors (Lipinski definition) is 7. The van der Waals surface area contributed by atoms with Crippen LogP contribution in [-0.2, 0) is 9.53 Å². The van der Waals surface area contributed by atoms with Gasteiger partial charge in [-0.2, -0.15) is 0 Å². The van der Waals surface area contributed by atoms with Gasteiger partial charge in [0, 0.05) is 15.6 Å². The molecule has 1 aliphatic rings. The van der Waals surface area contributed by atoms with Gasteiger partial charge in [-0.05, 0) is 72.9 Å². The van der Waals surface area contributed by atoms with Gasteiger partial charge in [0.2, 0.25) is 0 Å². The molecule has 9 heteroatoms. The van der Waals surface area contributed by atoms with E-state index in [-0.39, 0.29) is 23.7 Å². The SMILES string of the molecule is CCOC(=O)C1=C(c2ccccc2)N=c2s/c(=C\c3cc(C(C)C)c(OC)cc3C)c(=O)n2[C@H]1c1cc(Br)ccc1OC. The van der Waals surface area contributed by atoms with E-state index in [4.69, 9.17) is 19.2 Å². The van der Waals surface area contributed by atoms with Gasteiger partial charge in [-0.15, -0.1) is 0 Å². The normalized spacial score (nSPS) is 14.9. The summed E-state index contributed by atoms with van der Waals surface area (Å²) in [6.45, 7) is 8.15. The third-order valence-electron chi connectivity index (χ3n) is 7.39. The number of fused-ring (bicyclic) bond motifs is 1. The fourth-order valence-corrected chi connectivity index (χ4v) is 6.66. The van der Waals surface area contributed by atoms with Gasteiger partial charge in [0.1, 0.15) is 17.5 Å². The second kappa shape index (κ2) is 12.7. The van der Waals surface area contributed by atoms with Gasteiger partial charge in [0.05, 0.1) is 36.6 Å². The first-order valence-electron chi connectivity index (χ1n) is 14.0. The maximum atomic E-state index is 14.3.